The summed E-state index contributed by atoms with van der Waals surface area (Å²) in [5.41, 5.74) is 1.71. The molecule has 0 bridgehead atoms. The van der Waals surface area contributed by atoms with Crippen molar-refractivity contribution < 1.29 is 4.79 Å². The van der Waals surface area contributed by atoms with E-state index in [4.69, 9.17) is 0 Å². The van der Waals surface area contributed by atoms with Crippen LogP contribution in [0.15, 0.2) is 48.9 Å². The first kappa shape index (κ1) is 14.7. The summed E-state index contributed by atoms with van der Waals surface area (Å²) in [4.78, 5) is 22.5. The summed E-state index contributed by atoms with van der Waals surface area (Å²) in [7, 11) is 0. The van der Waals surface area contributed by atoms with Gasteiger partial charge in [-0.2, -0.15) is 0 Å². The lowest BCUT2D eigenvalue weighted by Crippen LogP contribution is -2.42. The van der Waals surface area contributed by atoms with E-state index in [9.17, 15) is 4.79 Å². The lowest BCUT2D eigenvalue weighted by atomic mass is 10.1. The Morgan fingerprint density at radius 1 is 1.27 bits per heavy atom. The second-order valence-corrected chi connectivity index (χ2v) is 5.54. The smallest absolute Gasteiger partial charge is 0.274 e. The summed E-state index contributed by atoms with van der Waals surface area (Å²) in [6.45, 7) is 2.39. The van der Waals surface area contributed by atoms with Gasteiger partial charge in [0.1, 0.15) is 5.69 Å². The fourth-order valence-electron chi connectivity index (χ4n) is 2.79. The zero-order chi connectivity index (χ0) is 15.2. The Hall–Kier alpha value is -2.27. The zero-order valence-corrected chi connectivity index (χ0v) is 12.5. The monoisotopic (exact) mass is 296 g/mol. The molecule has 114 valence electrons. The van der Waals surface area contributed by atoms with E-state index in [-0.39, 0.29) is 11.9 Å². The molecule has 0 saturated carbocycles. The van der Waals surface area contributed by atoms with Gasteiger partial charge in [0.15, 0.2) is 0 Å². The predicted molar refractivity (Wildman–Crippen MR) is 84.5 cm³/mol. The standard InChI is InChI=1S/C17H20N4O/c22-17(16-12-18-8-9-20-16)21-10-4-7-19-15(13-21)11-14-5-2-1-3-6-14/h1-3,5-6,8-9,12,15,19H,4,7,10-11,13H2. The number of aromatic nitrogens is 2. The maximum atomic E-state index is 12.5. The minimum atomic E-state index is -0.0325. The van der Waals surface area contributed by atoms with Crippen LogP contribution in [0.1, 0.15) is 22.5 Å². The van der Waals surface area contributed by atoms with Crippen LogP contribution in [0.3, 0.4) is 0 Å². The Labute approximate surface area is 130 Å². The lowest BCUT2D eigenvalue weighted by Gasteiger charge is -2.24. The van der Waals surface area contributed by atoms with E-state index in [1.165, 1.54) is 11.8 Å². The third-order valence-electron chi connectivity index (χ3n) is 3.87. The number of benzene rings is 1. The number of nitrogens with zero attached hydrogens (tertiary/aromatic N) is 3. The molecule has 1 saturated heterocycles. The molecule has 1 aliphatic heterocycles. The van der Waals surface area contributed by atoms with Gasteiger partial charge in [-0.1, -0.05) is 30.3 Å². The molecule has 0 radical (unpaired) electrons. The molecule has 5 nitrogen and oxygen atoms in total. The molecule has 1 aromatic carbocycles. The number of hydrogen-bond donors (Lipinski definition) is 1. The van der Waals surface area contributed by atoms with Gasteiger partial charge in [-0.15, -0.1) is 0 Å². The van der Waals surface area contributed by atoms with Crippen LogP contribution in [0.5, 0.6) is 0 Å². The normalized spacial score (nSPS) is 18.7. The van der Waals surface area contributed by atoms with Gasteiger partial charge in [0.25, 0.3) is 5.91 Å². The SMILES string of the molecule is O=C(c1cnccn1)N1CCCNC(Cc2ccccc2)C1. The average Bonchev–Trinajstić information content (AvgIpc) is 2.81. The molecule has 0 spiro atoms. The molecule has 1 N–H and O–H groups in total. The predicted octanol–water partition coefficient (Wildman–Crippen LogP) is 1.52. The topological polar surface area (TPSA) is 58.1 Å². The van der Waals surface area contributed by atoms with Crippen molar-refractivity contribution in [1.29, 1.82) is 0 Å². The highest BCUT2D eigenvalue weighted by atomic mass is 16.2. The maximum absolute atomic E-state index is 12.5. The van der Waals surface area contributed by atoms with E-state index in [2.05, 4.69) is 39.6 Å². The van der Waals surface area contributed by atoms with Crippen LogP contribution in [0, 0.1) is 0 Å². The first-order chi connectivity index (χ1) is 10.8. The molecule has 3 rings (SSSR count). The van der Waals surface area contributed by atoms with Crippen LogP contribution in [0.4, 0.5) is 0 Å². The summed E-state index contributed by atoms with van der Waals surface area (Å²) >= 11 is 0. The van der Waals surface area contributed by atoms with E-state index in [1.807, 2.05) is 11.0 Å². The molecule has 0 aliphatic carbocycles. The van der Waals surface area contributed by atoms with Crippen LogP contribution >= 0.6 is 0 Å². The van der Waals surface area contributed by atoms with Crippen molar-refractivity contribution in [3.8, 4) is 0 Å². The molecule has 2 heterocycles. The van der Waals surface area contributed by atoms with Crippen molar-refractivity contribution in [2.75, 3.05) is 19.6 Å². The zero-order valence-electron chi connectivity index (χ0n) is 12.5. The van der Waals surface area contributed by atoms with Crippen LogP contribution in [-0.4, -0.2) is 46.5 Å². The van der Waals surface area contributed by atoms with Crippen molar-refractivity contribution in [2.24, 2.45) is 0 Å². The summed E-state index contributed by atoms with van der Waals surface area (Å²) in [6.07, 6.45) is 6.55. The summed E-state index contributed by atoms with van der Waals surface area (Å²) in [5, 5.41) is 3.54. The van der Waals surface area contributed by atoms with E-state index in [0.29, 0.717) is 12.2 Å². The Bertz CT molecular complexity index is 603. The summed E-state index contributed by atoms with van der Waals surface area (Å²) in [5.74, 6) is -0.0325. The van der Waals surface area contributed by atoms with Crippen molar-refractivity contribution in [3.05, 3.63) is 60.2 Å². The Kier molecular flexibility index (Phi) is 4.75. The quantitative estimate of drug-likeness (QED) is 0.933. The minimum absolute atomic E-state index is 0.0325. The molecule has 1 aromatic heterocycles. The van der Waals surface area contributed by atoms with Gasteiger partial charge in [-0.3, -0.25) is 9.78 Å². The van der Waals surface area contributed by atoms with Crippen molar-refractivity contribution in [1.82, 2.24) is 20.2 Å². The third kappa shape index (κ3) is 3.68. The van der Waals surface area contributed by atoms with Gasteiger partial charge >= 0.3 is 0 Å². The van der Waals surface area contributed by atoms with Crippen LogP contribution in [0.2, 0.25) is 0 Å². The molecule has 22 heavy (non-hydrogen) atoms. The molecule has 1 fully saturated rings. The number of nitrogens with one attached hydrogen (secondary N) is 1. The van der Waals surface area contributed by atoms with Crippen LogP contribution in [-0.2, 0) is 6.42 Å². The first-order valence-electron chi connectivity index (χ1n) is 7.65. The van der Waals surface area contributed by atoms with Gasteiger partial charge < -0.3 is 10.2 Å². The Morgan fingerprint density at radius 2 is 2.14 bits per heavy atom. The van der Waals surface area contributed by atoms with Gasteiger partial charge in [0, 0.05) is 31.5 Å². The number of hydrogen-bond acceptors (Lipinski definition) is 4. The second kappa shape index (κ2) is 7.13. The van der Waals surface area contributed by atoms with Crippen LogP contribution < -0.4 is 5.32 Å². The maximum Gasteiger partial charge on any atom is 0.274 e. The van der Waals surface area contributed by atoms with Gasteiger partial charge in [-0.05, 0) is 24.9 Å². The van der Waals surface area contributed by atoms with E-state index in [0.717, 1.165) is 25.9 Å². The van der Waals surface area contributed by atoms with E-state index >= 15 is 0 Å². The van der Waals surface area contributed by atoms with Crippen molar-refractivity contribution >= 4 is 5.91 Å². The Morgan fingerprint density at radius 3 is 2.91 bits per heavy atom. The van der Waals surface area contributed by atoms with Crippen molar-refractivity contribution in [2.45, 2.75) is 18.9 Å². The number of carbonyl (C=O) groups is 1. The highest BCUT2D eigenvalue weighted by Crippen LogP contribution is 2.10. The number of carbonyl (C=O) groups excluding carboxylic acids is 1. The van der Waals surface area contributed by atoms with E-state index in [1.54, 1.807) is 12.4 Å². The van der Waals surface area contributed by atoms with Gasteiger partial charge in [0.2, 0.25) is 0 Å². The molecule has 2 aromatic rings. The summed E-state index contributed by atoms with van der Waals surface area (Å²) < 4.78 is 0. The molecular weight excluding hydrogens is 276 g/mol. The molecular formula is C17H20N4O. The van der Waals surface area contributed by atoms with Gasteiger partial charge in [0.05, 0.1) is 6.20 Å². The van der Waals surface area contributed by atoms with Crippen molar-refractivity contribution in [3.63, 3.8) is 0 Å². The molecule has 1 atom stereocenters. The lowest BCUT2D eigenvalue weighted by molar-refractivity contribution is 0.0746. The second-order valence-electron chi connectivity index (χ2n) is 5.54. The number of rotatable bonds is 3. The third-order valence-corrected chi connectivity index (χ3v) is 3.87. The molecule has 1 unspecified atom stereocenters. The summed E-state index contributed by atoms with van der Waals surface area (Å²) in [6, 6.07) is 10.6. The highest BCUT2D eigenvalue weighted by Gasteiger charge is 2.23. The fourth-order valence-corrected chi connectivity index (χ4v) is 2.79. The average molecular weight is 296 g/mol. The van der Waals surface area contributed by atoms with Crippen LogP contribution in [0.25, 0.3) is 0 Å². The molecule has 1 amide bonds. The fraction of sp³-hybridized carbons (Fsp3) is 0.353. The minimum Gasteiger partial charge on any atom is -0.336 e. The van der Waals surface area contributed by atoms with Gasteiger partial charge in [-0.25, -0.2) is 4.98 Å². The molecule has 1 aliphatic rings. The Balaban J connectivity index is 1.69. The largest absolute Gasteiger partial charge is 0.336 e. The number of amides is 1. The van der Waals surface area contributed by atoms with E-state index < -0.39 is 0 Å². The molecule has 5 heteroatoms. The highest BCUT2D eigenvalue weighted by molar-refractivity contribution is 5.92. The first-order valence-corrected chi connectivity index (χ1v) is 7.65.